The molecular weight excluding hydrogens is 458 g/mol. The lowest BCUT2D eigenvalue weighted by Gasteiger charge is -2.18. The van der Waals surface area contributed by atoms with Crippen LogP contribution < -0.4 is 16.0 Å². The summed E-state index contributed by atoms with van der Waals surface area (Å²) in [4.78, 5) is 41.9. The lowest BCUT2D eigenvalue weighted by atomic mass is 9.95. The van der Waals surface area contributed by atoms with E-state index in [4.69, 9.17) is 0 Å². The average molecular weight is 492 g/mol. The van der Waals surface area contributed by atoms with Crippen LogP contribution in [0.15, 0.2) is 42.7 Å². The monoisotopic (exact) mass is 491 g/mol. The Hall–Kier alpha value is -4.08. The maximum atomic E-state index is 12.9. The molecule has 0 aliphatic rings. The maximum absolute atomic E-state index is 12.9. The summed E-state index contributed by atoms with van der Waals surface area (Å²) in [5.41, 5.74) is 2.13. The molecule has 36 heavy (non-hydrogen) atoms. The Labute approximate surface area is 210 Å². The van der Waals surface area contributed by atoms with Gasteiger partial charge in [-0.2, -0.15) is 0 Å². The van der Waals surface area contributed by atoms with Crippen LogP contribution in [0.5, 0.6) is 0 Å². The molecular formula is C26H33N7O3. The number of carbonyl (C=O) groups is 3. The summed E-state index contributed by atoms with van der Waals surface area (Å²) >= 11 is 0. The molecule has 0 aliphatic heterocycles. The molecule has 2 aromatic heterocycles. The maximum Gasteiger partial charge on any atom is 0.273 e. The molecule has 3 amide bonds. The highest BCUT2D eigenvalue weighted by Gasteiger charge is 2.21. The van der Waals surface area contributed by atoms with Gasteiger partial charge in [0.25, 0.3) is 11.8 Å². The van der Waals surface area contributed by atoms with Gasteiger partial charge in [-0.15, -0.1) is 5.10 Å². The number of amides is 3. The summed E-state index contributed by atoms with van der Waals surface area (Å²) in [5, 5.41) is 16.5. The van der Waals surface area contributed by atoms with E-state index in [2.05, 4.69) is 31.2 Å². The normalized spacial score (nSPS) is 11.6. The van der Waals surface area contributed by atoms with Crippen LogP contribution in [-0.4, -0.2) is 44.2 Å². The molecule has 0 aliphatic carbocycles. The molecule has 3 aromatic rings. The lowest BCUT2D eigenvalue weighted by Crippen LogP contribution is -2.32. The van der Waals surface area contributed by atoms with E-state index in [1.165, 1.54) is 17.1 Å². The third-order valence-corrected chi connectivity index (χ3v) is 5.13. The van der Waals surface area contributed by atoms with Gasteiger partial charge in [-0.25, -0.2) is 4.68 Å². The fourth-order valence-corrected chi connectivity index (χ4v) is 3.00. The highest BCUT2D eigenvalue weighted by atomic mass is 16.2. The summed E-state index contributed by atoms with van der Waals surface area (Å²) < 4.78 is 1.45. The van der Waals surface area contributed by atoms with E-state index in [1.54, 1.807) is 37.3 Å². The van der Waals surface area contributed by atoms with Crippen LogP contribution in [-0.2, 0) is 4.79 Å². The van der Waals surface area contributed by atoms with Crippen LogP contribution in [0.2, 0.25) is 0 Å². The van der Waals surface area contributed by atoms with Gasteiger partial charge in [0.1, 0.15) is 0 Å². The second-order valence-corrected chi connectivity index (χ2v) is 10.9. The van der Waals surface area contributed by atoms with Crippen molar-refractivity contribution in [2.75, 3.05) is 17.2 Å². The van der Waals surface area contributed by atoms with Crippen molar-refractivity contribution in [3.8, 4) is 5.69 Å². The lowest BCUT2D eigenvalue weighted by molar-refractivity contribution is -0.123. The summed E-state index contributed by atoms with van der Waals surface area (Å²) in [5.74, 6) is -0.823. The molecule has 0 fully saturated rings. The van der Waals surface area contributed by atoms with Crippen molar-refractivity contribution in [1.29, 1.82) is 0 Å². The number of carbonyl (C=O) groups excluding carboxylic acids is 3. The first-order valence-corrected chi connectivity index (χ1v) is 11.6. The highest BCUT2D eigenvalue weighted by molar-refractivity contribution is 6.05. The summed E-state index contributed by atoms with van der Waals surface area (Å²) in [7, 11) is 0. The fraction of sp³-hybridized carbons (Fsp3) is 0.385. The van der Waals surface area contributed by atoms with Crippen molar-refractivity contribution in [3.63, 3.8) is 0 Å². The van der Waals surface area contributed by atoms with Crippen LogP contribution in [0.1, 0.15) is 68.1 Å². The van der Waals surface area contributed by atoms with Crippen molar-refractivity contribution in [2.24, 2.45) is 10.8 Å². The third kappa shape index (κ3) is 6.97. The number of hydrogen-bond donors (Lipinski definition) is 3. The molecule has 2 heterocycles. The van der Waals surface area contributed by atoms with Crippen molar-refractivity contribution in [2.45, 2.75) is 48.5 Å². The zero-order valence-electron chi connectivity index (χ0n) is 21.8. The van der Waals surface area contributed by atoms with Crippen LogP contribution in [0, 0.1) is 17.8 Å². The van der Waals surface area contributed by atoms with Crippen LogP contribution >= 0.6 is 0 Å². The van der Waals surface area contributed by atoms with Gasteiger partial charge in [-0.1, -0.05) is 52.8 Å². The Morgan fingerprint density at radius 2 is 1.67 bits per heavy atom. The number of anilines is 2. The number of hydrogen-bond acceptors (Lipinski definition) is 6. The SMILES string of the molecule is Cc1ncc(NC(=O)c2cccc(NC(=O)C(C)(C)C)c2)cc1-n1cc(C(=O)NCC(C)(C)C)nn1. The quantitative estimate of drug-likeness (QED) is 0.478. The number of aryl methyl sites for hydroxylation is 1. The van der Waals surface area contributed by atoms with Gasteiger partial charge in [-0.3, -0.25) is 19.4 Å². The number of benzene rings is 1. The Bertz CT molecular complexity index is 1280. The zero-order chi connectivity index (χ0) is 26.7. The number of nitrogens with zero attached hydrogens (tertiary/aromatic N) is 4. The van der Waals surface area contributed by atoms with Gasteiger partial charge in [0.15, 0.2) is 5.69 Å². The van der Waals surface area contributed by atoms with Crippen LogP contribution in [0.25, 0.3) is 5.69 Å². The van der Waals surface area contributed by atoms with Gasteiger partial charge in [0.05, 0.1) is 29.5 Å². The number of aromatic nitrogens is 4. The summed E-state index contributed by atoms with van der Waals surface area (Å²) in [6, 6.07) is 8.41. The topological polar surface area (TPSA) is 131 Å². The van der Waals surface area contributed by atoms with Gasteiger partial charge in [0, 0.05) is 23.2 Å². The van der Waals surface area contributed by atoms with E-state index >= 15 is 0 Å². The predicted molar refractivity (Wildman–Crippen MR) is 138 cm³/mol. The number of rotatable bonds is 6. The first-order chi connectivity index (χ1) is 16.7. The Kier molecular flexibility index (Phi) is 7.57. The van der Waals surface area contributed by atoms with Gasteiger partial charge >= 0.3 is 0 Å². The average Bonchev–Trinajstić information content (AvgIpc) is 3.28. The van der Waals surface area contributed by atoms with Gasteiger partial charge in [-0.05, 0) is 36.6 Å². The second-order valence-electron chi connectivity index (χ2n) is 10.9. The highest BCUT2D eigenvalue weighted by Crippen LogP contribution is 2.20. The Morgan fingerprint density at radius 3 is 2.33 bits per heavy atom. The molecule has 10 heteroatoms. The van der Waals surface area contributed by atoms with Crippen LogP contribution in [0.3, 0.4) is 0 Å². The molecule has 1 aromatic carbocycles. The molecule has 0 unspecified atom stereocenters. The molecule has 0 atom stereocenters. The first kappa shape index (κ1) is 26.5. The Balaban J connectivity index is 1.75. The molecule has 0 radical (unpaired) electrons. The molecule has 3 N–H and O–H groups in total. The van der Waals surface area contributed by atoms with Crippen molar-refractivity contribution < 1.29 is 14.4 Å². The first-order valence-electron chi connectivity index (χ1n) is 11.6. The minimum absolute atomic E-state index is 0.0591. The second kappa shape index (κ2) is 10.3. The number of pyridine rings is 1. The molecule has 0 saturated heterocycles. The molecule has 0 spiro atoms. The van der Waals surface area contributed by atoms with E-state index < -0.39 is 5.41 Å². The largest absolute Gasteiger partial charge is 0.350 e. The van der Waals surface area contributed by atoms with E-state index in [0.717, 1.165) is 0 Å². The smallest absolute Gasteiger partial charge is 0.273 e. The van der Waals surface area contributed by atoms with Gasteiger partial charge in [0.2, 0.25) is 5.91 Å². The van der Waals surface area contributed by atoms with Crippen molar-refractivity contribution in [3.05, 3.63) is 59.7 Å². The van der Waals surface area contributed by atoms with E-state index in [1.807, 2.05) is 41.5 Å². The van der Waals surface area contributed by atoms with E-state index in [-0.39, 0.29) is 28.8 Å². The van der Waals surface area contributed by atoms with Crippen LogP contribution in [0.4, 0.5) is 11.4 Å². The molecule has 10 nitrogen and oxygen atoms in total. The summed E-state index contributed by atoms with van der Waals surface area (Å²) in [6.07, 6.45) is 3.06. The molecule has 0 bridgehead atoms. The van der Waals surface area contributed by atoms with Crippen molar-refractivity contribution in [1.82, 2.24) is 25.3 Å². The third-order valence-electron chi connectivity index (χ3n) is 5.13. The molecule has 190 valence electrons. The van der Waals surface area contributed by atoms with E-state index in [0.29, 0.717) is 34.9 Å². The minimum Gasteiger partial charge on any atom is -0.350 e. The summed E-state index contributed by atoms with van der Waals surface area (Å²) in [6.45, 7) is 13.8. The molecule has 3 rings (SSSR count). The van der Waals surface area contributed by atoms with Crippen molar-refractivity contribution >= 4 is 29.1 Å². The Morgan fingerprint density at radius 1 is 0.944 bits per heavy atom. The van der Waals surface area contributed by atoms with Gasteiger partial charge < -0.3 is 16.0 Å². The molecule has 0 saturated carbocycles. The number of nitrogens with one attached hydrogen (secondary N) is 3. The zero-order valence-corrected chi connectivity index (χ0v) is 21.8. The van der Waals surface area contributed by atoms with E-state index in [9.17, 15) is 14.4 Å². The fourth-order valence-electron chi connectivity index (χ4n) is 3.00. The predicted octanol–water partition coefficient (Wildman–Crippen LogP) is 3.98. The standard InChI is InChI=1S/C26H33N7O3/c1-16-21(33-14-20(31-32-33)23(35)28-15-25(2,3)4)12-19(13-27-16)29-22(34)17-9-8-10-18(11-17)30-24(36)26(5,6)7/h8-14H,15H2,1-7H3,(H,28,35)(H,29,34)(H,30,36). The minimum atomic E-state index is -0.559.